The van der Waals surface area contributed by atoms with Crippen LogP contribution in [-0.4, -0.2) is 58.6 Å². The van der Waals surface area contributed by atoms with Crippen molar-refractivity contribution in [3.8, 4) is 5.75 Å². The van der Waals surface area contributed by atoms with Gasteiger partial charge in [-0.25, -0.2) is 4.98 Å². The highest BCUT2D eigenvalue weighted by Gasteiger charge is 2.19. The molecule has 4 rings (SSSR count). The molecule has 0 unspecified atom stereocenters. The lowest BCUT2D eigenvalue weighted by molar-refractivity contribution is -0.129. The van der Waals surface area contributed by atoms with Crippen molar-refractivity contribution in [1.82, 2.24) is 19.8 Å². The number of nitrogens with zero attached hydrogens (tertiary/aromatic N) is 4. The standard InChI is InChI=1S/C29H33ClN4O2S/c1-5-10-25(33(3)4)22-15-20(2)32-29-21(22)11-9-12-26(29)36-18-23-24(30)16-31-17-27(23)37-19-28(35)34-13-7-6-8-14-34/h5,9-12,15-17H,1,6-8,13-14,18-19H2,2-4H3/b25-10-. The van der Waals surface area contributed by atoms with Gasteiger partial charge in [0, 0.05) is 72.4 Å². The Kier molecular flexibility index (Phi) is 9.11. The summed E-state index contributed by atoms with van der Waals surface area (Å²) in [5, 5.41) is 1.51. The van der Waals surface area contributed by atoms with Crippen molar-refractivity contribution in [2.24, 2.45) is 0 Å². The number of amides is 1. The number of piperidine rings is 1. The zero-order chi connectivity index (χ0) is 26.4. The molecule has 194 valence electrons. The number of ether oxygens (including phenoxy) is 1. The smallest absolute Gasteiger partial charge is 0.232 e. The number of aryl methyl sites for hydroxylation is 1. The van der Waals surface area contributed by atoms with Crippen molar-refractivity contribution in [2.75, 3.05) is 32.9 Å². The van der Waals surface area contributed by atoms with Crippen LogP contribution in [0.5, 0.6) is 5.75 Å². The largest absolute Gasteiger partial charge is 0.487 e. The van der Waals surface area contributed by atoms with E-state index in [4.69, 9.17) is 21.3 Å². The molecule has 1 fully saturated rings. The summed E-state index contributed by atoms with van der Waals surface area (Å²) in [6, 6.07) is 8.03. The zero-order valence-electron chi connectivity index (χ0n) is 21.7. The molecule has 0 atom stereocenters. The topological polar surface area (TPSA) is 58.6 Å². The Hall–Kier alpha value is -3.03. The van der Waals surface area contributed by atoms with E-state index in [2.05, 4.69) is 28.6 Å². The first-order valence-electron chi connectivity index (χ1n) is 12.5. The van der Waals surface area contributed by atoms with Gasteiger partial charge in [0.2, 0.25) is 5.91 Å². The number of carbonyl (C=O) groups is 1. The molecule has 6 nitrogen and oxygen atoms in total. The van der Waals surface area contributed by atoms with E-state index in [-0.39, 0.29) is 12.5 Å². The summed E-state index contributed by atoms with van der Waals surface area (Å²) >= 11 is 8.01. The lowest BCUT2D eigenvalue weighted by Gasteiger charge is -2.26. The van der Waals surface area contributed by atoms with E-state index in [1.54, 1.807) is 18.5 Å². The molecule has 0 aliphatic carbocycles. The summed E-state index contributed by atoms with van der Waals surface area (Å²) < 4.78 is 6.32. The van der Waals surface area contributed by atoms with E-state index in [1.807, 2.05) is 44.1 Å². The maximum atomic E-state index is 12.7. The minimum absolute atomic E-state index is 0.155. The second kappa shape index (κ2) is 12.5. The second-order valence-electron chi connectivity index (χ2n) is 9.26. The molecule has 37 heavy (non-hydrogen) atoms. The monoisotopic (exact) mass is 536 g/mol. The van der Waals surface area contributed by atoms with E-state index < -0.39 is 0 Å². The van der Waals surface area contributed by atoms with Crippen LogP contribution in [0.25, 0.3) is 16.6 Å². The van der Waals surface area contributed by atoms with Gasteiger partial charge < -0.3 is 14.5 Å². The van der Waals surface area contributed by atoms with Crippen LogP contribution in [0.1, 0.15) is 36.1 Å². The average molecular weight is 537 g/mol. The molecule has 1 aliphatic heterocycles. The maximum absolute atomic E-state index is 12.7. The number of aromatic nitrogens is 2. The molecule has 0 radical (unpaired) electrons. The molecular weight excluding hydrogens is 504 g/mol. The Bertz CT molecular complexity index is 1320. The van der Waals surface area contributed by atoms with Crippen LogP contribution in [0.15, 0.2) is 60.3 Å². The third kappa shape index (κ3) is 6.46. The molecule has 1 aromatic carbocycles. The van der Waals surface area contributed by atoms with Gasteiger partial charge in [0.05, 0.1) is 10.8 Å². The summed E-state index contributed by atoms with van der Waals surface area (Å²) in [7, 11) is 4.02. The first-order chi connectivity index (χ1) is 17.9. The van der Waals surface area contributed by atoms with Gasteiger partial charge in [-0.1, -0.05) is 36.4 Å². The quantitative estimate of drug-likeness (QED) is 0.234. The molecule has 1 amide bonds. The van der Waals surface area contributed by atoms with Crippen molar-refractivity contribution < 1.29 is 9.53 Å². The molecule has 8 heteroatoms. The Labute approximate surface area is 228 Å². The lowest BCUT2D eigenvalue weighted by atomic mass is 10.0. The summed E-state index contributed by atoms with van der Waals surface area (Å²) in [6.07, 6.45) is 10.5. The number of benzene rings is 1. The highest BCUT2D eigenvalue weighted by molar-refractivity contribution is 8.00. The predicted octanol–water partition coefficient (Wildman–Crippen LogP) is 6.36. The van der Waals surface area contributed by atoms with Crippen LogP contribution in [0.2, 0.25) is 5.02 Å². The van der Waals surface area contributed by atoms with E-state index >= 15 is 0 Å². The number of pyridine rings is 2. The number of thioether (sulfide) groups is 1. The second-order valence-corrected chi connectivity index (χ2v) is 10.7. The van der Waals surface area contributed by atoms with E-state index in [0.717, 1.165) is 64.2 Å². The zero-order valence-corrected chi connectivity index (χ0v) is 23.2. The van der Waals surface area contributed by atoms with E-state index in [0.29, 0.717) is 16.5 Å². The number of hydrogen-bond donors (Lipinski definition) is 0. The molecule has 1 aliphatic rings. The summed E-state index contributed by atoms with van der Waals surface area (Å²) in [5.41, 5.74) is 4.60. The minimum Gasteiger partial charge on any atom is -0.487 e. The lowest BCUT2D eigenvalue weighted by Crippen LogP contribution is -2.36. The van der Waals surface area contributed by atoms with Crippen LogP contribution in [0.3, 0.4) is 0 Å². The van der Waals surface area contributed by atoms with Crippen LogP contribution in [-0.2, 0) is 11.4 Å². The van der Waals surface area contributed by atoms with Gasteiger partial charge in [0.15, 0.2) is 0 Å². The van der Waals surface area contributed by atoms with Crippen LogP contribution in [0, 0.1) is 6.92 Å². The Morgan fingerprint density at radius 3 is 2.76 bits per heavy atom. The van der Waals surface area contributed by atoms with Crippen LogP contribution >= 0.6 is 23.4 Å². The predicted molar refractivity (Wildman–Crippen MR) is 153 cm³/mol. The van der Waals surface area contributed by atoms with Gasteiger partial charge in [-0.2, -0.15) is 0 Å². The van der Waals surface area contributed by atoms with Gasteiger partial charge in [-0.15, -0.1) is 11.8 Å². The molecule has 2 aromatic heterocycles. The Balaban J connectivity index is 1.59. The van der Waals surface area contributed by atoms with Gasteiger partial charge in [0.25, 0.3) is 0 Å². The van der Waals surface area contributed by atoms with Crippen molar-refractivity contribution in [2.45, 2.75) is 37.7 Å². The first kappa shape index (κ1) is 27.0. The highest BCUT2D eigenvalue weighted by atomic mass is 35.5. The Morgan fingerprint density at radius 1 is 1.24 bits per heavy atom. The fraction of sp³-hybridized carbons (Fsp3) is 0.345. The molecule has 0 spiro atoms. The molecule has 1 saturated heterocycles. The number of carbonyl (C=O) groups excluding carboxylic acids is 1. The SMILES string of the molecule is C=C/C=C(/c1cc(C)nc2c(OCc3c(Cl)cncc3SCC(=O)N3CCCCC3)cccc12)N(C)C. The van der Waals surface area contributed by atoms with E-state index in [1.165, 1.54) is 18.2 Å². The average Bonchev–Trinajstić information content (AvgIpc) is 2.89. The van der Waals surface area contributed by atoms with Gasteiger partial charge >= 0.3 is 0 Å². The number of likely N-dealkylation sites (tertiary alicyclic amines) is 1. The van der Waals surface area contributed by atoms with Crippen molar-refractivity contribution >= 4 is 45.9 Å². The molecular formula is C29H33ClN4O2S. The third-order valence-electron chi connectivity index (χ3n) is 6.36. The summed E-state index contributed by atoms with van der Waals surface area (Å²) in [6.45, 7) is 7.79. The van der Waals surface area contributed by atoms with Crippen molar-refractivity contribution in [1.29, 1.82) is 0 Å². The minimum atomic E-state index is 0.155. The molecule has 0 bridgehead atoms. The summed E-state index contributed by atoms with van der Waals surface area (Å²) in [5.74, 6) is 1.19. The van der Waals surface area contributed by atoms with Crippen molar-refractivity contribution in [3.63, 3.8) is 0 Å². The summed E-state index contributed by atoms with van der Waals surface area (Å²) in [4.78, 5) is 26.6. The van der Waals surface area contributed by atoms with Crippen LogP contribution < -0.4 is 4.74 Å². The normalized spacial score (nSPS) is 14.1. The van der Waals surface area contributed by atoms with Gasteiger partial charge in [-0.05, 0) is 44.4 Å². The fourth-order valence-corrected chi connectivity index (χ4v) is 5.71. The molecule has 0 saturated carbocycles. The number of hydrogen-bond acceptors (Lipinski definition) is 6. The van der Waals surface area contributed by atoms with Crippen LogP contribution in [0.4, 0.5) is 0 Å². The number of fused-ring (bicyclic) bond motifs is 1. The molecule has 3 aromatic rings. The van der Waals surface area contributed by atoms with E-state index in [9.17, 15) is 4.79 Å². The van der Waals surface area contributed by atoms with Gasteiger partial charge in [0.1, 0.15) is 17.9 Å². The molecule has 3 heterocycles. The number of allylic oxidation sites excluding steroid dienone is 2. The number of halogens is 1. The maximum Gasteiger partial charge on any atom is 0.232 e. The number of para-hydroxylation sites is 1. The Morgan fingerprint density at radius 2 is 2.03 bits per heavy atom. The highest BCUT2D eigenvalue weighted by Crippen LogP contribution is 2.34. The molecule has 0 N–H and O–H groups in total. The first-order valence-corrected chi connectivity index (χ1v) is 13.8. The number of rotatable bonds is 9. The fourth-order valence-electron chi connectivity index (χ4n) is 4.50. The third-order valence-corrected chi connectivity index (χ3v) is 7.74. The van der Waals surface area contributed by atoms with Gasteiger partial charge in [-0.3, -0.25) is 9.78 Å². The van der Waals surface area contributed by atoms with Crippen molar-refractivity contribution in [3.05, 3.63) is 77.2 Å².